The zero-order valence-electron chi connectivity index (χ0n) is 10.6. The summed E-state index contributed by atoms with van der Waals surface area (Å²) in [5, 5.41) is 8.43. The lowest BCUT2D eigenvalue weighted by molar-refractivity contribution is -0.137. The molecule has 0 saturated carbocycles. The van der Waals surface area contributed by atoms with Crippen LogP contribution in [0.4, 0.5) is 13.2 Å². The fourth-order valence-corrected chi connectivity index (χ4v) is 2.14. The summed E-state index contributed by atoms with van der Waals surface area (Å²) in [5.41, 5.74) is 0.547. The molecule has 0 amide bonds. The van der Waals surface area contributed by atoms with Crippen molar-refractivity contribution in [2.75, 3.05) is 0 Å². The highest BCUT2D eigenvalue weighted by molar-refractivity contribution is 6.30. The average molecular weight is 312 g/mol. The van der Waals surface area contributed by atoms with Gasteiger partial charge in [-0.1, -0.05) is 23.7 Å². The van der Waals surface area contributed by atoms with Gasteiger partial charge in [0.15, 0.2) is 5.65 Å². The molecule has 21 heavy (non-hydrogen) atoms. The van der Waals surface area contributed by atoms with E-state index in [2.05, 4.69) is 10.2 Å². The van der Waals surface area contributed by atoms with Crippen LogP contribution in [0.5, 0.6) is 0 Å². The van der Waals surface area contributed by atoms with Crippen LogP contribution in [-0.2, 0) is 12.6 Å². The van der Waals surface area contributed by atoms with Gasteiger partial charge < -0.3 is 0 Å². The highest BCUT2D eigenvalue weighted by Crippen LogP contribution is 2.29. The molecule has 0 aliphatic heterocycles. The minimum atomic E-state index is -4.39. The lowest BCUT2D eigenvalue weighted by Crippen LogP contribution is -2.07. The predicted octanol–water partition coefficient (Wildman–Crippen LogP) is 3.99. The molecular formula is C14H9ClF3N3. The Bertz CT molecular complexity index is 778. The van der Waals surface area contributed by atoms with Crippen molar-refractivity contribution in [3.63, 3.8) is 0 Å². The summed E-state index contributed by atoms with van der Waals surface area (Å²) in [5.74, 6) is 0.443. The van der Waals surface area contributed by atoms with E-state index in [4.69, 9.17) is 11.6 Å². The van der Waals surface area contributed by atoms with Gasteiger partial charge in [0.1, 0.15) is 5.82 Å². The SMILES string of the molecule is FC(F)(F)c1ccc2nnc(Cc3ccc(Cl)cc3)n2c1. The second-order valence-electron chi connectivity index (χ2n) is 4.56. The molecule has 3 aromatic rings. The topological polar surface area (TPSA) is 30.2 Å². The predicted molar refractivity (Wildman–Crippen MR) is 72.2 cm³/mol. The molecular weight excluding hydrogens is 303 g/mol. The molecule has 0 saturated heterocycles. The number of halogens is 4. The molecule has 3 rings (SSSR count). The van der Waals surface area contributed by atoms with Crippen molar-refractivity contribution in [3.8, 4) is 0 Å². The first kappa shape index (κ1) is 13.9. The first-order valence-electron chi connectivity index (χ1n) is 6.09. The molecule has 0 spiro atoms. The molecule has 108 valence electrons. The van der Waals surface area contributed by atoms with Crippen molar-refractivity contribution in [1.82, 2.24) is 14.6 Å². The van der Waals surface area contributed by atoms with Gasteiger partial charge in [-0.25, -0.2) is 0 Å². The Kier molecular flexibility index (Phi) is 3.33. The van der Waals surface area contributed by atoms with Gasteiger partial charge in [0, 0.05) is 17.6 Å². The summed E-state index contributed by atoms with van der Waals surface area (Å²) in [6.45, 7) is 0. The van der Waals surface area contributed by atoms with E-state index in [1.54, 1.807) is 24.3 Å². The fraction of sp³-hybridized carbons (Fsp3) is 0.143. The minimum Gasteiger partial charge on any atom is -0.286 e. The van der Waals surface area contributed by atoms with Crippen molar-refractivity contribution in [2.24, 2.45) is 0 Å². The van der Waals surface area contributed by atoms with Crippen LogP contribution < -0.4 is 0 Å². The smallest absolute Gasteiger partial charge is 0.286 e. The normalized spacial score (nSPS) is 12.0. The summed E-state index contributed by atoms with van der Waals surface area (Å²) in [6.07, 6.45) is -3.00. The van der Waals surface area contributed by atoms with Gasteiger partial charge in [-0.05, 0) is 29.8 Å². The molecule has 0 N–H and O–H groups in total. The number of rotatable bonds is 2. The number of aromatic nitrogens is 3. The Labute approximate surface area is 123 Å². The van der Waals surface area contributed by atoms with Gasteiger partial charge in [0.25, 0.3) is 0 Å². The highest BCUT2D eigenvalue weighted by atomic mass is 35.5. The molecule has 1 aromatic carbocycles. The Hall–Kier alpha value is -2.08. The third kappa shape index (κ3) is 2.85. The van der Waals surface area contributed by atoms with E-state index in [1.807, 2.05) is 0 Å². The molecule has 2 heterocycles. The highest BCUT2D eigenvalue weighted by Gasteiger charge is 2.31. The van der Waals surface area contributed by atoms with Crippen LogP contribution in [0, 0.1) is 0 Å². The number of pyridine rings is 1. The molecule has 0 aliphatic rings. The number of alkyl halides is 3. The molecule has 0 radical (unpaired) electrons. The van der Waals surface area contributed by atoms with Crippen LogP contribution in [0.15, 0.2) is 42.6 Å². The van der Waals surface area contributed by atoms with E-state index in [1.165, 1.54) is 10.5 Å². The van der Waals surface area contributed by atoms with Gasteiger partial charge in [0.2, 0.25) is 0 Å². The van der Waals surface area contributed by atoms with Crippen molar-refractivity contribution in [3.05, 3.63) is 64.6 Å². The third-order valence-corrected chi connectivity index (χ3v) is 3.33. The number of nitrogens with zero attached hydrogens (tertiary/aromatic N) is 3. The number of hydrogen-bond acceptors (Lipinski definition) is 2. The van der Waals surface area contributed by atoms with Gasteiger partial charge in [-0.2, -0.15) is 13.2 Å². The van der Waals surface area contributed by atoms with Crippen LogP contribution in [-0.4, -0.2) is 14.6 Å². The maximum absolute atomic E-state index is 12.8. The Balaban J connectivity index is 2.00. The maximum Gasteiger partial charge on any atom is 0.417 e. The molecule has 3 nitrogen and oxygen atoms in total. The monoisotopic (exact) mass is 311 g/mol. The lowest BCUT2D eigenvalue weighted by atomic mass is 10.1. The summed E-state index contributed by atoms with van der Waals surface area (Å²) in [7, 11) is 0. The van der Waals surface area contributed by atoms with Crippen LogP contribution in [0.3, 0.4) is 0 Å². The van der Waals surface area contributed by atoms with E-state index in [-0.39, 0.29) is 0 Å². The molecule has 0 atom stereocenters. The standard InChI is InChI=1S/C14H9ClF3N3/c15-11-4-1-9(2-5-11)7-13-20-19-12-6-3-10(8-21(12)13)14(16,17)18/h1-6,8H,7H2. The van der Waals surface area contributed by atoms with Crippen LogP contribution in [0.1, 0.15) is 17.0 Å². The zero-order chi connectivity index (χ0) is 15.0. The fourth-order valence-electron chi connectivity index (χ4n) is 2.01. The second-order valence-corrected chi connectivity index (χ2v) is 5.00. The van der Waals surface area contributed by atoms with Gasteiger partial charge in [0.05, 0.1) is 5.56 Å². The van der Waals surface area contributed by atoms with E-state index >= 15 is 0 Å². The van der Waals surface area contributed by atoms with Crippen LogP contribution in [0.25, 0.3) is 5.65 Å². The van der Waals surface area contributed by atoms with Crippen molar-refractivity contribution in [2.45, 2.75) is 12.6 Å². The summed E-state index contributed by atoms with van der Waals surface area (Å²) in [6, 6.07) is 9.35. The number of benzene rings is 1. The zero-order valence-corrected chi connectivity index (χ0v) is 11.4. The molecule has 0 unspecified atom stereocenters. The molecule has 0 fully saturated rings. The van der Waals surface area contributed by atoms with E-state index in [0.29, 0.717) is 22.9 Å². The van der Waals surface area contributed by atoms with Crippen molar-refractivity contribution >= 4 is 17.2 Å². The van der Waals surface area contributed by atoms with Crippen LogP contribution in [0.2, 0.25) is 5.02 Å². The first-order valence-corrected chi connectivity index (χ1v) is 6.46. The second kappa shape index (κ2) is 5.04. The summed E-state index contributed by atoms with van der Waals surface area (Å²) < 4.78 is 39.6. The van der Waals surface area contributed by atoms with Crippen molar-refractivity contribution < 1.29 is 13.2 Å². The number of fused-ring (bicyclic) bond motifs is 1. The van der Waals surface area contributed by atoms with E-state index in [9.17, 15) is 13.2 Å². The molecule has 0 aliphatic carbocycles. The Morgan fingerprint density at radius 3 is 2.38 bits per heavy atom. The number of hydrogen-bond donors (Lipinski definition) is 0. The van der Waals surface area contributed by atoms with E-state index < -0.39 is 11.7 Å². The third-order valence-electron chi connectivity index (χ3n) is 3.08. The van der Waals surface area contributed by atoms with E-state index in [0.717, 1.165) is 17.8 Å². The molecule has 2 aromatic heterocycles. The van der Waals surface area contributed by atoms with Gasteiger partial charge in [-0.3, -0.25) is 4.40 Å². The minimum absolute atomic E-state index is 0.375. The van der Waals surface area contributed by atoms with Gasteiger partial charge in [-0.15, -0.1) is 10.2 Å². The van der Waals surface area contributed by atoms with Crippen molar-refractivity contribution in [1.29, 1.82) is 0 Å². The first-order chi connectivity index (χ1) is 9.93. The summed E-state index contributed by atoms with van der Waals surface area (Å²) in [4.78, 5) is 0. The average Bonchev–Trinajstić information content (AvgIpc) is 2.83. The molecule has 0 bridgehead atoms. The largest absolute Gasteiger partial charge is 0.417 e. The van der Waals surface area contributed by atoms with Gasteiger partial charge >= 0.3 is 6.18 Å². The Morgan fingerprint density at radius 1 is 1.00 bits per heavy atom. The maximum atomic E-state index is 12.8. The lowest BCUT2D eigenvalue weighted by Gasteiger charge is -2.07. The van der Waals surface area contributed by atoms with Crippen LogP contribution >= 0.6 is 11.6 Å². The molecule has 7 heteroatoms. The Morgan fingerprint density at radius 2 is 1.71 bits per heavy atom. The summed E-state index contributed by atoms with van der Waals surface area (Å²) >= 11 is 5.80. The quantitative estimate of drug-likeness (QED) is 0.716.